The van der Waals surface area contributed by atoms with Crippen LogP contribution in [0.25, 0.3) is 10.9 Å². The predicted molar refractivity (Wildman–Crippen MR) is 115 cm³/mol. The lowest BCUT2D eigenvalue weighted by molar-refractivity contribution is 0.103. The highest BCUT2D eigenvalue weighted by Crippen LogP contribution is 2.19. The minimum atomic E-state index is -0.265. The Hall–Kier alpha value is -3.66. The van der Waals surface area contributed by atoms with Crippen molar-refractivity contribution < 1.29 is 9.53 Å². The minimum Gasteiger partial charge on any atom is -0.497 e. The molecule has 144 valence electrons. The summed E-state index contributed by atoms with van der Waals surface area (Å²) in [5, 5.41) is 0.551. The zero-order valence-electron chi connectivity index (χ0n) is 16.4. The monoisotopic (exact) mass is 383 g/mol. The Bertz CT molecular complexity index is 1260. The van der Waals surface area contributed by atoms with Gasteiger partial charge >= 0.3 is 0 Å². The summed E-state index contributed by atoms with van der Waals surface area (Å²) in [4.78, 5) is 26.2. The van der Waals surface area contributed by atoms with Crippen LogP contribution in [0.2, 0.25) is 0 Å². The van der Waals surface area contributed by atoms with E-state index in [4.69, 9.17) is 4.74 Å². The van der Waals surface area contributed by atoms with Crippen LogP contribution >= 0.6 is 0 Å². The highest BCUT2D eigenvalue weighted by molar-refractivity contribution is 6.10. The first-order valence-corrected chi connectivity index (χ1v) is 9.43. The summed E-state index contributed by atoms with van der Waals surface area (Å²) in [5.41, 5.74) is 3.24. The molecule has 0 spiro atoms. The number of carbonyl (C=O) groups excluding carboxylic acids is 1. The van der Waals surface area contributed by atoms with Crippen molar-refractivity contribution in [2.24, 2.45) is 0 Å². The molecule has 0 aliphatic rings. The Balaban J connectivity index is 1.90. The fraction of sp³-hybridized carbons (Fsp3) is 0.120. The standard InChI is InChI=1S/C25H21NO3/c1-17-11-12-23-21(13-17)25(28)22(24(27)19-8-4-3-5-9-19)16-26(23)15-18-7-6-10-20(14-18)29-2/h3-14,16H,15H2,1-2H3. The molecule has 0 saturated carbocycles. The summed E-state index contributed by atoms with van der Waals surface area (Å²) in [7, 11) is 1.63. The quantitative estimate of drug-likeness (QED) is 0.473. The number of fused-ring (bicyclic) bond motifs is 1. The summed E-state index contributed by atoms with van der Waals surface area (Å²) < 4.78 is 7.28. The van der Waals surface area contributed by atoms with Crippen LogP contribution in [0.1, 0.15) is 27.0 Å². The smallest absolute Gasteiger partial charge is 0.200 e. The minimum absolute atomic E-state index is 0.178. The SMILES string of the molecule is COc1cccc(Cn2cc(C(=O)c3ccccc3)c(=O)c3cc(C)ccc32)c1. The zero-order valence-corrected chi connectivity index (χ0v) is 16.4. The molecule has 0 aliphatic carbocycles. The lowest BCUT2D eigenvalue weighted by atomic mass is 10.0. The van der Waals surface area contributed by atoms with Gasteiger partial charge in [0.1, 0.15) is 5.75 Å². The highest BCUT2D eigenvalue weighted by Gasteiger charge is 2.17. The number of hydrogen-bond donors (Lipinski definition) is 0. The first-order valence-electron chi connectivity index (χ1n) is 9.43. The van der Waals surface area contributed by atoms with Crippen LogP contribution in [0.3, 0.4) is 0 Å². The number of aryl methyl sites for hydroxylation is 1. The molecule has 29 heavy (non-hydrogen) atoms. The fourth-order valence-corrected chi connectivity index (χ4v) is 3.52. The second-order valence-electron chi connectivity index (χ2n) is 7.07. The van der Waals surface area contributed by atoms with Gasteiger partial charge in [-0.05, 0) is 36.8 Å². The summed E-state index contributed by atoms with van der Waals surface area (Å²) in [6.45, 7) is 2.46. The topological polar surface area (TPSA) is 48.3 Å². The molecular formula is C25H21NO3. The fourth-order valence-electron chi connectivity index (χ4n) is 3.52. The van der Waals surface area contributed by atoms with Crippen LogP contribution in [0, 0.1) is 6.92 Å². The van der Waals surface area contributed by atoms with Crippen molar-refractivity contribution >= 4 is 16.7 Å². The van der Waals surface area contributed by atoms with E-state index in [0.717, 1.165) is 22.4 Å². The maximum absolute atomic E-state index is 13.1. The van der Waals surface area contributed by atoms with E-state index in [9.17, 15) is 9.59 Å². The number of pyridine rings is 1. The van der Waals surface area contributed by atoms with E-state index in [1.807, 2.05) is 60.0 Å². The Morgan fingerprint density at radius 3 is 2.52 bits per heavy atom. The molecule has 1 heterocycles. The van der Waals surface area contributed by atoms with Gasteiger partial charge in [0.15, 0.2) is 5.78 Å². The van der Waals surface area contributed by atoms with Crippen LogP contribution in [-0.4, -0.2) is 17.5 Å². The molecule has 4 nitrogen and oxygen atoms in total. The number of nitrogens with zero attached hydrogens (tertiary/aromatic N) is 1. The van der Waals surface area contributed by atoms with E-state index in [1.54, 1.807) is 37.6 Å². The third kappa shape index (κ3) is 3.69. The van der Waals surface area contributed by atoms with Crippen molar-refractivity contribution in [1.82, 2.24) is 4.57 Å². The van der Waals surface area contributed by atoms with Crippen molar-refractivity contribution in [2.45, 2.75) is 13.5 Å². The average molecular weight is 383 g/mol. The molecule has 0 N–H and O–H groups in total. The zero-order chi connectivity index (χ0) is 20.4. The lowest BCUT2D eigenvalue weighted by Gasteiger charge is -2.14. The Kier molecular flexibility index (Phi) is 5.00. The van der Waals surface area contributed by atoms with Crippen molar-refractivity contribution in [3.63, 3.8) is 0 Å². The third-order valence-electron chi connectivity index (χ3n) is 5.00. The van der Waals surface area contributed by atoms with Gasteiger partial charge in [-0.2, -0.15) is 0 Å². The third-order valence-corrected chi connectivity index (χ3v) is 5.00. The molecule has 0 atom stereocenters. The van der Waals surface area contributed by atoms with Crippen LogP contribution in [0.15, 0.2) is 83.8 Å². The molecule has 4 aromatic rings. The van der Waals surface area contributed by atoms with Crippen molar-refractivity contribution in [2.75, 3.05) is 7.11 Å². The summed E-state index contributed by atoms with van der Waals surface area (Å²) in [5.74, 6) is 0.502. The van der Waals surface area contributed by atoms with Gasteiger partial charge in [-0.25, -0.2) is 0 Å². The van der Waals surface area contributed by atoms with E-state index in [2.05, 4.69) is 0 Å². The number of aromatic nitrogens is 1. The molecule has 0 fully saturated rings. The van der Waals surface area contributed by atoms with E-state index in [-0.39, 0.29) is 16.8 Å². The van der Waals surface area contributed by atoms with Crippen LogP contribution < -0.4 is 10.2 Å². The van der Waals surface area contributed by atoms with Crippen molar-refractivity contribution in [1.29, 1.82) is 0 Å². The maximum atomic E-state index is 13.1. The van der Waals surface area contributed by atoms with Crippen molar-refractivity contribution in [3.05, 3.63) is 111 Å². The van der Waals surface area contributed by atoms with Crippen LogP contribution in [0.5, 0.6) is 5.75 Å². The number of ketones is 1. The maximum Gasteiger partial charge on any atom is 0.200 e. The number of ether oxygens (including phenoxy) is 1. The summed E-state index contributed by atoms with van der Waals surface area (Å²) in [6.07, 6.45) is 1.68. The van der Waals surface area contributed by atoms with Gasteiger partial charge in [0.05, 0.1) is 18.2 Å². The van der Waals surface area contributed by atoms with Crippen LogP contribution in [-0.2, 0) is 6.54 Å². The Labute approximate surface area is 169 Å². The van der Waals surface area contributed by atoms with E-state index in [1.165, 1.54) is 0 Å². The lowest BCUT2D eigenvalue weighted by Crippen LogP contribution is -2.20. The highest BCUT2D eigenvalue weighted by atomic mass is 16.5. The largest absolute Gasteiger partial charge is 0.497 e. The normalized spacial score (nSPS) is 10.8. The van der Waals surface area contributed by atoms with Crippen LogP contribution in [0.4, 0.5) is 0 Å². The summed E-state index contributed by atoms with van der Waals surface area (Å²) >= 11 is 0. The number of hydrogen-bond acceptors (Lipinski definition) is 3. The van der Waals surface area contributed by atoms with Gasteiger partial charge in [-0.1, -0.05) is 54.1 Å². The molecule has 0 aliphatic heterocycles. The molecule has 0 saturated heterocycles. The molecule has 3 aromatic carbocycles. The van der Waals surface area contributed by atoms with E-state index in [0.29, 0.717) is 17.5 Å². The summed E-state index contributed by atoms with van der Waals surface area (Å²) in [6, 6.07) is 22.4. The Morgan fingerprint density at radius 2 is 1.76 bits per heavy atom. The van der Waals surface area contributed by atoms with E-state index < -0.39 is 0 Å². The molecule has 0 unspecified atom stereocenters. The number of carbonyl (C=O) groups is 1. The molecule has 4 heteroatoms. The Morgan fingerprint density at radius 1 is 0.966 bits per heavy atom. The van der Waals surface area contributed by atoms with Gasteiger partial charge in [0, 0.05) is 23.7 Å². The molecule has 1 aromatic heterocycles. The van der Waals surface area contributed by atoms with Crippen molar-refractivity contribution in [3.8, 4) is 5.75 Å². The molecule has 0 bridgehead atoms. The molecule has 4 rings (SSSR count). The average Bonchev–Trinajstić information content (AvgIpc) is 2.76. The number of rotatable bonds is 5. The second kappa shape index (κ2) is 7.76. The second-order valence-corrected chi connectivity index (χ2v) is 7.07. The van der Waals surface area contributed by atoms with Gasteiger partial charge in [-0.15, -0.1) is 0 Å². The number of benzene rings is 3. The number of methoxy groups -OCH3 is 1. The van der Waals surface area contributed by atoms with E-state index >= 15 is 0 Å². The van der Waals surface area contributed by atoms with Gasteiger partial charge < -0.3 is 9.30 Å². The molecule has 0 radical (unpaired) electrons. The van der Waals surface area contributed by atoms with Gasteiger partial charge in [0.25, 0.3) is 0 Å². The van der Waals surface area contributed by atoms with Gasteiger partial charge in [-0.3, -0.25) is 9.59 Å². The predicted octanol–water partition coefficient (Wildman–Crippen LogP) is 4.60. The molecular weight excluding hydrogens is 362 g/mol. The molecule has 0 amide bonds. The first-order chi connectivity index (χ1) is 14.1. The first kappa shape index (κ1) is 18.7. The van der Waals surface area contributed by atoms with Gasteiger partial charge in [0.2, 0.25) is 5.43 Å².